The van der Waals surface area contributed by atoms with Gasteiger partial charge in [0.05, 0.1) is 39.6 Å². The third-order valence-electron chi connectivity index (χ3n) is 6.48. The van der Waals surface area contributed by atoms with Gasteiger partial charge in [-0.15, -0.1) is 0 Å². The number of aryl methyl sites for hydroxylation is 2. The summed E-state index contributed by atoms with van der Waals surface area (Å²) in [6, 6.07) is 15.7. The minimum Gasteiger partial charge on any atom is -0.496 e. The zero-order chi connectivity index (χ0) is 29.9. The molecule has 42 heavy (non-hydrogen) atoms. The summed E-state index contributed by atoms with van der Waals surface area (Å²) in [5.41, 5.74) is 5.27. The Bertz CT molecular complexity index is 1600. The van der Waals surface area contributed by atoms with Gasteiger partial charge in [0.1, 0.15) is 37.1 Å². The summed E-state index contributed by atoms with van der Waals surface area (Å²) in [6.45, 7) is 0. The van der Waals surface area contributed by atoms with Crippen LogP contribution in [-0.4, -0.2) is 28.4 Å². The van der Waals surface area contributed by atoms with Crippen LogP contribution in [0.15, 0.2) is 73.3 Å². The molecule has 210 valence electrons. The topological polar surface area (TPSA) is 44.7 Å². The number of methoxy groups -OCH3 is 4. The molecule has 0 saturated carbocycles. The largest absolute Gasteiger partial charge is 0.496 e. The van der Waals surface area contributed by atoms with Gasteiger partial charge in [-0.3, -0.25) is 0 Å². The zero-order valence-electron chi connectivity index (χ0n) is 24.8. The molecule has 0 amide bonds. The zero-order valence-corrected chi connectivity index (χ0v) is 24.8. The van der Waals surface area contributed by atoms with Gasteiger partial charge >= 0.3 is 0 Å². The molecule has 0 spiro atoms. The maximum atomic E-state index is 5.64. The predicted molar refractivity (Wildman–Crippen MR) is 166 cm³/mol. The summed E-state index contributed by atoms with van der Waals surface area (Å²) in [5.74, 6) is 14.7. The Balaban J connectivity index is 1.59. The second-order valence-electron chi connectivity index (χ2n) is 9.35. The molecule has 0 fully saturated rings. The van der Waals surface area contributed by atoms with Crippen LogP contribution in [0.4, 0.5) is 0 Å². The van der Waals surface area contributed by atoms with E-state index < -0.39 is 0 Å². The highest BCUT2D eigenvalue weighted by atomic mass is 16.5. The molecule has 4 aromatic rings. The summed E-state index contributed by atoms with van der Waals surface area (Å²) < 4.78 is 26.5. The summed E-state index contributed by atoms with van der Waals surface area (Å²) in [4.78, 5) is 0. The normalized spacial score (nSPS) is 10.5. The van der Waals surface area contributed by atoms with Gasteiger partial charge < -0.3 is 18.9 Å². The average Bonchev–Trinajstić information content (AvgIpc) is 3.02. The van der Waals surface area contributed by atoms with Crippen LogP contribution in [0.2, 0.25) is 0 Å². The number of aromatic nitrogens is 2. The second-order valence-corrected chi connectivity index (χ2v) is 9.35. The lowest BCUT2D eigenvalue weighted by Crippen LogP contribution is -2.25. The van der Waals surface area contributed by atoms with Crippen molar-refractivity contribution in [2.75, 3.05) is 28.4 Å². The van der Waals surface area contributed by atoms with Crippen molar-refractivity contribution in [2.24, 2.45) is 14.1 Å². The van der Waals surface area contributed by atoms with E-state index in [-0.39, 0.29) is 0 Å². The molecule has 0 unspecified atom stereocenters. The van der Waals surface area contributed by atoms with Crippen molar-refractivity contribution in [3.63, 3.8) is 0 Å². The fraction of sp³-hybridized carbons (Fsp3) is 0.167. The van der Waals surface area contributed by atoms with E-state index in [2.05, 4.69) is 23.7 Å². The number of hydrogen-bond donors (Lipinski definition) is 0. The molecule has 0 aliphatic carbocycles. The van der Waals surface area contributed by atoms with E-state index in [1.54, 1.807) is 28.4 Å². The highest BCUT2D eigenvalue weighted by molar-refractivity contribution is 5.76. The molecule has 0 aliphatic heterocycles. The lowest BCUT2D eigenvalue weighted by atomic mass is 10.1. The van der Waals surface area contributed by atoms with E-state index >= 15 is 0 Å². The van der Waals surface area contributed by atoms with Crippen LogP contribution in [-0.2, 0) is 14.1 Å². The van der Waals surface area contributed by atoms with Crippen molar-refractivity contribution >= 4 is 24.3 Å². The van der Waals surface area contributed by atoms with Crippen molar-refractivity contribution in [2.45, 2.75) is 0 Å². The predicted octanol–water partition coefficient (Wildman–Crippen LogP) is 5.11. The van der Waals surface area contributed by atoms with Gasteiger partial charge in [-0.05, 0) is 46.9 Å². The first-order valence-corrected chi connectivity index (χ1v) is 13.2. The Morgan fingerprint density at radius 3 is 1.19 bits per heavy atom. The molecule has 6 heteroatoms. The molecule has 2 aromatic carbocycles. The fourth-order valence-corrected chi connectivity index (χ4v) is 4.11. The summed E-state index contributed by atoms with van der Waals surface area (Å²) >= 11 is 0. The SMILES string of the molecule is COc1cc(/C=C/c2cc[n+](C)cc2)c(OC)cc1C#CC#Cc1cc(OC)c(/C=C/c2cc[n+](C)cc2)cc1OC. The van der Waals surface area contributed by atoms with Crippen molar-refractivity contribution in [3.8, 4) is 46.7 Å². The van der Waals surface area contributed by atoms with E-state index in [4.69, 9.17) is 18.9 Å². The van der Waals surface area contributed by atoms with Crippen LogP contribution in [0, 0.1) is 23.7 Å². The first-order chi connectivity index (χ1) is 20.4. The van der Waals surface area contributed by atoms with Crippen molar-refractivity contribution in [1.29, 1.82) is 0 Å². The molecular formula is C36H34N2O4+2. The number of hydrogen-bond acceptors (Lipinski definition) is 4. The molecule has 0 radical (unpaired) electrons. The van der Waals surface area contributed by atoms with Gasteiger partial charge in [-0.25, -0.2) is 9.13 Å². The Labute approximate surface area is 248 Å². The smallest absolute Gasteiger partial charge is 0.169 e. The lowest BCUT2D eigenvalue weighted by Gasteiger charge is -2.10. The number of pyridine rings is 2. The van der Waals surface area contributed by atoms with E-state index in [0.29, 0.717) is 34.1 Å². The fourth-order valence-electron chi connectivity index (χ4n) is 4.11. The van der Waals surface area contributed by atoms with Crippen LogP contribution in [0.25, 0.3) is 24.3 Å². The summed E-state index contributed by atoms with van der Waals surface area (Å²) in [7, 11) is 10.5. The number of rotatable bonds is 8. The Morgan fingerprint density at radius 1 is 0.500 bits per heavy atom. The number of benzene rings is 2. The molecule has 0 bridgehead atoms. The lowest BCUT2D eigenvalue weighted by molar-refractivity contribution is -0.671. The highest BCUT2D eigenvalue weighted by Gasteiger charge is 2.10. The van der Waals surface area contributed by atoms with Gasteiger partial charge in [0, 0.05) is 47.5 Å². The monoisotopic (exact) mass is 558 g/mol. The van der Waals surface area contributed by atoms with E-state index in [1.165, 1.54) is 0 Å². The molecule has 2 heterocycles. The average molecular weight is 559 g/mol. The Hall–Kier alpha value is -5.46. The molecule has 6 nitrogen and oxygen atoms in total. The Morgan fingerprint density at radius 2 is 0.857 bits per heavy atom. The molecule has 0 aliphatic rings. The van der Waals surface area contributed by atoms with Gasteiger partial charge in [-0.1, -0.05) is 24.3 Å². The first-order valence-electron chi connectivity index (χ1n) is 13.2. The second kappa shape index (κ2) is 14.3. The maximum Gasteiger partial charge on any atom is 0.169 e. The molecule has 4 rings (SSSR count). The minimum atomic E-state index is 0.631. The first kappa shape index (κ1) is 29.5. The van der Waals surface area contributed by atoms with Crippen molar-refractivity contribution in [1.82, 2.24) is 0 Å². The third kappa shape index (κ3) is 7.59. The van der Waals surface area contributed by atoms with Crippen LogP contribution >= 0.6 is 0 Å². The molecule has 0 N–H and O–H groups in total. The quantitative estimate of drug-likeness (QED) is 0.223. The van der Waals surface area contributed by atoms with Gasteiger partial charge in [0.25, 0.3) is 0 Å². The number of nitrogens with zero attached hydrogens (tertiary/aromatic N) is 2. The van der Waals surface area contributed by atoms with Crippen LogP contribution in [0.3, 0.4) is 0 Å². The Kier molecular flexibility index (Phi) is 10.0. The van der Waals surface area contributed by atoms with Crippen LogP contribution < -0.4 is 28.1 Å². The van der Waals surface area contributed by atoms with Crippen LogP contribution in [0.1, 0.15) is 33.4 Å². The number of ether oxygens (including phenoxy) is 4. The van der Waals surface area contributed by atoms with Crippen molar-refractivity contribution in [3.05, 3.63) is 107 Å². The summed E-state index contributed by atoms with van der Waals surface area (Å²) in [5, 5.41) is 0. The standard InChI is InChI=1S/C36H34N2O4/c1-37-19-15-27(16-20-37)11-13-31-25-33(39-3)29(23-35(31)41-5)9-7-8-10-30-24-36(42-6)32(26-34(30)40-4)14-12-28-17-21-38(2)22-18-28/h11-26H,1-6H3/q+2/b13-11+,14-12+. The van der Waals surface area contributed by atoms with E-state index in [0.717, 1.165) is 22.3 Å². The van der Waals surface area contributed by atoms with E-state index in [1.807, 2.05) is 121 Å². The summed E-state index contributed by atoms with van der Waals surface area (Å²) in [6.07, 6.45) is 16.0. The minimum absolute atomic E-state index is 0.631. The van der Waals surface area contributed by atoms with Gasteiger partial charge in [0.2, 0.25) is 0 Å². The maximum absolute atomic E-state index is 5.64. The molecular weight excluding hydrogens is 524 g/mol. The van der Waals surface area contributed by atoms with Crippen molar-refractivity contribution < 1.29 is 28.1 Å². The van der Waals surface area contributed by atoms with Gasteiger partial charge in [-0.2, -0.15) is 0 Å². The van der Waals surface area contributed by atoms with Crippen LogP contribution in [0.5, 0.6) is 23.0 Å². The molecule has 2 aromatic heterocycles. The molecule has 0 saturated heterocycles. The van der Waals surface area contributed by atoms with E-state index in [9.17, 15) is 0 Å². The molecule has 0 atom stereocenters. The van der Waals surface area contributed by atoms with Gasteiger partial charge in [0.15, 0.2) is 24.8 Å². The third-order valence-corrected chi connectivity index (χ3v) is 6.48. The highest BCUT2D eigenvalue weighted by Crippen LogP contribution is 2.31.